The Morgan fingerprint density at radius 1 is 1.27 bits per heavy atom. The second-order valence-electron chi connectivity index (χ2n) is 6.81. The zero-order chi connectivity index (χ0) is 16.3. The summed E-state index contributed by atoms with van der Waals surface area (Å²) in [5.74, 6) is -1.94. The number of Topliss-reactive ketones (excluding diaryl/α,β-unsaturated/α-hetero) is 1. The number of rotatable bonds is 4. The van der Waals surface area contributed by atoms with Gasteiger partial charge in [0.2, 0.25) is 0 Å². The first-order chi connectivity index (χ1) is 10.0. The van der Waals surface area contributed by atoms with Crippen LogP contribution in [0.4, 0.5) is 8.78 Å². The summed E-state index contributed by atoms with van der Waals surface area (Å²) in [6.07, 6.45) is 3.27. The topological polar surface area (TPSA) is 97.7 Å². The SMILES string of the molecule is O=C1C2CC3C[C@H]1CC(COC(=O)C(F)(F)S(=O)(=O)O)(C3)C2. The van der Waals surface area contributed by atoms with E-state index in [1.165, 1.54) is 0 Å². The van der Waals surface area contributed by atoms with Gasteiger partial charge in [-0.25, -0.2) is 4.79 Å². The van der Waals surface area contributed by atoms with Crippen molar-refractivity contribution in [3.63, 3.8) is 0 Å². The highest BCUT2D eigenvalue weighted by molar-refractivity contribution is 7.87. The van der Waals surface area contributed by atoms with E-state index < -0.39 is 26.8 Å². The molecular formula is C13H16F2O6S. The van der Waals surface area contributed by atoms with Crippen LogP contribution in [-0.4, -0.2) is 36.6 Å². The second-order valence-corrected chi connectivity index (χ2v) is 8.28. The molecule has 0 saturated heterocycles. The summed E-state index contributed by atoms with van der Waals surface area (Å²) < 4.78 is 60.3. The van der Waals surface area contributed by atoms with Crippen molar-refractivity contribution in [1.82, 2.24) is 0 Å². The molecule has 0 aliphatic heterocycles. The van der Waals surface area contributed by atoms with Crippen molar-refractivity contribution in [1.29, 1.82) is 0 Å². The van der Waals surface area contributed by atoms with Gasteiger partial charge in [0.05, 0.1) is 6.61 Å². The van der Waals surface area contributed by atoms with E-state index in [2.05, 4.69) is 4.74 Å². The fourth-order valence-corrected chi connectivity index (χ4v) is 4.76. The third kappa shape index (κ3) is 2.34. The van der Waals surface area contributed by atoms with Gasteiger partial charge in [-0.05, 0) is 38.0 Å². The first-order valence-electron chi connectivity index (χ1n) is 7.10. The average molecular weight is 338 g/mol. The number of carbonyl (C=O) groups excluding carboxylic acids is 2. The molecule has 1 N–H and O–H groups in total. The van der Waals surface area contributed by atoms with Crippen molar-refractivity contribution in [3.8, 4) is 0 Å². The van der Waals surface area contributed by atoms with Crippen molar-refractivity contribution in [2.75, 3.05) is 6.61 Å². The summed E-state index contributed by atoms with van der Waals surface area (Å²) >= 11 is 0. The van der Waals surface area contributed by atoms with Gasteiger partial charge < -0.3 is 4.74 Å². The summed E-state index contributed by atoms with van der Waals surface area (Å²) in [6, 6.07) is 0. The average Bonchev–Trinajstić information content (AvgIpc) is 2.40. The van der Waals surface area contributed by atoms with Gasteiger partial charge in [0.15, 0.2) is 0 Å². The molecule has 4 aliphatic carbocycles. The monoisotopic (exact) mass is 338 g/mol. The minimum absolute atomic E-state index is 0.105. The Bertz CT molecular complexity index is 610. The van der Waals surface area contributed by atoms with Crippen LogP contribution >= 0.6 is 0 Å². The van der Waals surface area contributed by atoms with Gasteiger partial charge in [0.25, 0.3) is 0 Å². The Kier molecular flexibility index (Phi) is 3.38. The molecular weight excluding hydrogens is 322 g/mol. The van der Waals surface area contributed by atoms with E-state index in [1.54, 1.807) is 0 Å². The second kappa shape index (κ2) is 4.70. The zero-order valence-corrected chi connectivity index (χ0v) is 12.4. The van der Waals surface area contributed by atoms with Gasteiger partial charge in [-0.1, -0.05) is 0 Å². The van der Waals surface area contributed by atoms with E-state index in [9.17, 15) is 26.8 Å². The number of esters is 1. The maximum absolute atomic E-state index is 13.2. The number of hydrogen-bond acceptors (Lipinski definition) is 5. The molecule has 3 unspecified atom stereocenters. The number of halogens is 2. The summed E-state index contributed by atoms with van der Waals surface area (Å²) in [4.78, 5) is 23.3. The molecule has 4 aliphatic rings. The number of ether oxygens (including phenoxy) is 1. The smallest absolute Gasteiger partial charge is 0.460 e. The quantitative estimate of drug-likeness (QED) is 0.615. The molecule has 6 nitrogen and oxygen atoms in total. The molecule has 0 heterocycles. The number of ketones is 1. The lowest BCUT2D eigenvalue weighted by molar-refractivity contribution is -0.173. The van der Waals surface area contributed by atoms with E-state index in [4.69, 9.17) is 4.55 Å². The van der Waals surface area contributed by atoms with Gasteiger partial charge in [-0.3, -0.25) is 9.35 Å². The predicted molar refractivity (Wildman–Crippen MR) is 68.4 cm³/mol. The van der Waals surface area contributed by atoms with Gasteiger partial charge in [-0.2, -0.15) is 17.2 Å². The summed E-state index contributed by atoms with van der Waals surface area (Å²) in [6.45, 7) is -0.340. The van der Waals surface area contributed by atoms with E-state index in [1.807, 2.05) is 0 Å². The minimum Gasteiger partial charge on any atom is -0.460 e. The van der Waals surface area contributed by atoms with Crippen molar-refractivity contribution >= 4 is 21.9 Å². The molecule has 0 spiro atoms. The van der Waals surface area contributed by atoms with Crippen molar-refractivity contribution in [2.45, 2.75) is 37.4 Å². The molecule has 0 aromatic heterocycles. The number of carbonyl (C=O) groups is 2. The molecule has 0 aromatic rings. The molecule has 4 bridgehead atoms. The lowest BCUT2D eigenvalue weighted by Gasteiger charge is -2.55. The third-order valence-corrected chi connectivity index (χ3v) is 6.01. The Labute approximate surface area is 125 Å². The van der Waals surface area contributed by atoms with Gasteiger partial charge in [-0.15, -0.1) is 0 Å². The lowest BCUT2D eigenvalue weighted by Crippen LogP contribution is -2.53. The van der Waals surface area contributed by atoms with E-state index in [0.717, 1.165) is 12.8 Å². The van der Waals surface area contributed by atoms with E-state index >= 15 is 0 Å². The first kappa shape index (κ1) is 15.8. The molecule has 4 atom stereocenters. The first-order valence-corrected chi connectivity index (χ1v) is 8.54. The molecule has 4 fully saturated rings. The standard InChI is InChI=1S/C13H16F2O6S/c14-13(15,22(18,19)20)11(17)21-6-12-3-7-1-8(4-12)10(16)9(2-7)5-12/h7-9H,1-6H2,(H,18,19,20)/t7?,8-,9?,12?/m0/s1. The highest BCUT2D eigenvalue weighted by atomic mass is 32.2. The minimum atomic E-state index is -5.85. The number of hydrogen-bond donors (Lipinski definition) is 1. The summed E-state index contributed by atoms with van der Waals surface area (Å²) in [5, 5.41) is -4.97. The van der Waals surface area contributed by atoms with Crippen LogP contribution in [0.25, 0.3) is 0 Å². The molecule has 4 saturated carbocycles. The largest absolute Gasteiger partial charge is 0.465 e. The zero-order valence-electron chi connectivity index (χ0n) is 11.6. The van der Waals surface area contributed by atoms with Gasteiger partial charge >= 0.3 is 21.3 Å². The predicted octanol–water partition coefficient (Wildman–Crippen LogP) is 1.41. The fraction of sp³-hybridized carbons (Fsp3) is 0.846. The van der Waals surface area contributed by atoms with Gasteiger partial charge in [0.1, 0.15) is 5.78 Å². The van der Waals surface area contributed by atoms with Crippen LogP contribution in [0, 0.1) is 23.2 Å². The molecule has 0 aromatic carbocycles. The van der Waals surface area contributed by atoms with Crippen molar-refractivity contribution < 1.29 is 36.1 Å². The Balaban J connectivity index is 1.70. The van der Waals surface area contributed by atoms with E-state index in [0.29, 0.717) is 25.2 Å². The molecule has 124 valence electrons. The molecule has 9 heteroatoms. The Morgan fingerprint density at radius 2 is 1.82 bits per heavy atom. The van der Waals surface area contributed by atoms with Crippen LogP contribution in [-0.2, 0) is 24.4 Å². The third-order valence-electron chi connectivity index (χ3n) is 5.19. The van der Waals surface area contributed by atoms with E-state index in [-0.39, 0.29) is 24.2 Å². The maximum Gasteiger partial charge on any atom is 0.465 e. The van der Waals surface area contributed by atoms with Crippen LogP contribution in [0.3, 0.4) is 0 Å². The fourth-order valence-electron chi connectivity index (χ4n) is 4.49. The molecule has 4 rings (SSSR count). The van der Waals surface area contributed by atoms with Crippen LogP contribution in [0.5, 0.6) is 0 Å². The Hall–Kier alpha value is -1.09. The van der Waals surface area contributed by atoms with Crippen LogP contribution in [0.2, 0.25) is 0 Å². The Morgan fingerprint density at radius 3 is 2.32 bits per heavy atom. The normalized spacial score (nSPS) is 37.4. The number of alkyl halides is 2. The van der Waals surface area contributed by atoms with Crippen molar-refractivity contribution in [3.05, 3.63) is 0 Å². The lowest BCUT2D eigenvalue weighted by atomic mass is 9.49. The molecule has 0 radical (unpaired) electrons. The van der Waals surface area contributed by atoms with Gasteiger partial charge in [0, 0.05) is 17.3 Å². The summed E-state index contributed by atoms with van der Waals surface area (Å²) in [7, 11) is -5.85. The molecule has 0 amide bonds. The summed E-state index contributed by atoms with van der Waals surface area (Å²) in [5.41, 5.74) is -0.518. The maximum atomic E-state index is 13.2. The highest BCUT2D eigenvalue weighted by Gasteiger charge is 2.58. The molecule has 22 heavy (non-hydrogen) atoms. The van der Waals surface area contributed by atoms with Crippen molar-refractivity contribution in [2.24, 2.45) is 23.2 Å². The van der Waals surface area contributed by atoms with Crippen LogP contribution in [0.1, 0.15) is 32.1 Å². The van der Waals surface area contributed by atoms with Crippen LogP contribution < -0.4 is 0 Å². The van der Waals surface area contributed by atoms with Crippen LogP contribution in [0.15, 0.2) is 0 Å². The highest BCUT2D eigenvalue weighted by Crippen LogP contribution is 2.58.